The van der Waals surface area contributed by atoms with Crippen molar-refractivity contribution in [3.63, 3.8) is 0 Å². The maximum Gasteiger partial charge on any atom is 0.393 e. The lowest BCUT2D eigenvalue weighted by Gasteiger charge is -2.34. The smallest absolute Gasteiger partial charge is 0.341 e. The summed E-state index contributed by atoms with van der Waals surface area (Å²) in [7, 11) is 0. The Hall–Kier alpha value is -1.60. The molecule has 2 aliphatic rings. The molecule has 2 fully saturated rings. The minimum Gasteiger partial charge on any atom is -0.341 e. The van der Waals surface area contributed by atoms with Crippen LogP contribution in [0.25, 0.3) is 0 Å². The second-order valence-corrected chi connectivity index (χ2v) is 6.67. The van der Waals surface area contributed by atoms with E-state index >= 15 is 0 Å². The van der Waals surface area contributed by atoms with Crippen LogP contribution in [0.5, 0.6) is 0 Å². The van der Waals surface area contributed by atoms with Crippen molar-refractivity contribution in [3.8, 4) is 0 Å². The van der Waals surface area contributed by atoms with Gasteiger partial charge in [-0.2, -0.15) is 13.2 Å². The van der Waals surface area contributed by atoms with Gasteiger partial charge in [-0.1, -0.05) is 13.8 Å². The van der Waals surface area contributed by atoms with Crippen LogP contribution in [0.15, 0.2) is 0 Å². The molecule has 2 heterocycles. The Morgan fingerprint density at radius 1 is 1.25 bits per heavy atom. The molecule has 0 aliphatic carbocycles. The van der Waals surface area contributed by atoms with Crippen LogP contribution < -0.4 is 0 Å². The first-order valence-electron chi connectivity index (χ1n) is 8.34. The minimum atomic E-state index is -4.34. The molecule has 0 aromatic rings. The number of imide groups is 1. The Labute approximate surface area is 139 Å². The normalized spacial score (nSPS) is 24.6. The summed E-state index contributed by atoms with van der Waals surface area (Å²) in [6, 6.07) is 0. The van der Waals surface area contributed by atoms with E-state index in [0.717, 1.165) is 9.80 Å². The molecule has 136 valence electrons. The average molecular weight is 348 g/mol. The maximum absolute atomic E-state index is 12.8. The van der Waals surface area contributed by atoms with Gasteiger partial charge in [-0.3, -0.25) is 19.3 Å². The van der Waals surface area contributed by atoms with E-state index in [1.807, 2.05) is 13.8 Å². The molecule has 0 unspecified atom stereocenters. The number of carbonyl (C=O) groups excluding carboxylic acids is 3. The van der Waals surface area contributed by atoms with Gasteiger partial charge in [-0.25, -0.2) is 0 Å². The van der Waals surface area contributed by atoms with Crippen LogP contribution in [0, 0.1) is 11.3 Å². The molecule has 0 aromatic carbocycles. The molecule has 24 heavy (non-hydrogen) atoms. The van der Waals surface area contributed by atoms with Crippen molar-refractivity contribution in [2.75, 3.05) is 19.6 Å². The summed E-state index contributed by atoms with van der Waals surface area (Å²) in [6.45, 7) is 3.01. The van der Waals surface area contributed by atoms with Crippen molar-refractivity contribution in [2.24, 2.45) is 11.3 Å². The predicted octanol–water partition coefficient (Wildman–Crippen LogP) is 2.35. The predicted molar refractivity (Wildman–Crippen MR) is 79.7 cm³/mol. The lowest BCUT2D eigenvalue weighted by Crippen LogP contribution is -2.49. The number of halogens is 3. The van der Waals surface area contributed by atoms with Gasteiger partial charge in [0.15, 0.2) is 0 Å². The third-order valence-electron chi connectivity index (χ3n) is 5.37. The quantitative estimate of drug-likeness (QED) is 0.733. The molecule has 0 bridgehead atoms. The lowest BCUT2D eigenvalue weighted by atomic mass is 9.81. The van der Waals surface area contributed by atoms with Gasteiger partial charge >= 0.3 is 6.18 Å². The van der Waals surface area contributed by atoms with E-state index in [0.29, 0.717) is 12.8 Å². The van der Waals surface area contributed by atoms with E-state index in [4.69, 9.17) is 0 Å². The highest BCUT2D eigenvalue weighted by molar-refractivity contribution is 6.07. The van der Waals surface area contributed by atoms with Gasteiger partial charge < -0.3 is 4.90 Å². The van der Waals surface area contributed by atoms with Gasteiger partial charge in [-0.05, 0) is 25.7 Å². The Morgan fingerprint density at radius 2 is 1.88 bits per heavy atom. The number of hydrogen-bond acceptors (Lipinski definition) is 3. The van der Waals surface area contributed by atoms with Crippen LogP contribution in [-0.2, 0) is 14.4 Å². The van der Waals surface area contributed by atoms with Gasteiger partial charge in [0.25, 0.3) is 0 Å². The van der Waals surface area contributed by atoms with E-state index < -0.39 is 42.4 Å². The van der Waals surface area contributed by atoms with Gasteiger partial charge in [0.2, 0.25) is 17.7 Å². The van der Waals surface area contributed by atoms with Crippen LogP contribution in [0.3, 0.4) is 0 Å². The van der Waals surface area contributed by atoms with Crippen LogP contribution in [-0.4, -0.2) is 53.3 Å². The summed E-state index contributed by atoms with van der Waals surface area (Å²) >= 11 is 0. The Balaban J connectivity index is 2.04. The Morgan fingerprint density at radius 3 is 2.38 bits per heavy atom. The highest BCUT2D eigenvalue weighted by Gasteiger charge is 2.50. The van der Waals surface area contributed by atoms with Crippen molar-refractivity contribution in [1.82, 2.24) is 9.80 Å². The van der Waals surface area contributed by atoms with E-state index in [1.165, 1.54) is 0 Å². The van der Waals surface area contributed by atoms with E-state index in [-0.39, 0.29) is 31.7 Å². The summed E-state index contributed by atoms with van der Waals surface area (Å²) in [4.78, 5) is 39.0. The van der Waals surface area contributed by atoms with Crippen LogP contribution in [0.4, 0.5) is 13.2 Å². The molecular formula is C16H23F3N2O3. The maximum atomic E-state index is 12.8. The second kappa shape index (κ2) is 6.72. The molecule has 3 amide bonds. The highest BCUT2D eigenvalue weighted by Crippen LogP contribution is 2.39. The summed E-state index contributed by atoms with van der Waals surface area (Å²) < 4.78 is 38.5. The third-order valence-corrected chi connectivity index (χ3v) is 5.37. The molecule has 1 atom stereocenters. The first-order chi connectivity index (χ1) is 11.1. The van der Waals surface area contributed by atoms with E-state index in [9.17, 15) is 27.6 Å². The zero-order valence-electron chi connectivity index (χ0n) is 14.0. The average Bonchev–Trinajstić information content (AvgIpc) is 2.78. The molecule has 0 aromatic heterocycles. The van der Waals surface area contributed by atoms with Crippen molar-refractivity contribution < 1.29 is 27.6 Å². The van der Waals surface area contributed by atoms with Crippen molar-refractivity contribution >= 4 is 17.7 Å². The number of hydrogen-bond donors (Lipinski definition) is 0. The molecule has 0 saturated carbocycles. The van der Waals surface area contributed by atoms with Gasteiger partial charge in [0.1, 0.15) is 6.54 Å². The third kappa shape index (κ3) is 3.42. The number of nitrogens with zero attached hydrogens (tertiary/aromatic N) is 2. The monoisotopic (exact) mass is 348 g/mol. The van der Waals surface area contributed by atoms with E-state index in [2.05, 4.69) is 0 Å². The number of piperidine rings is 1. The SMILES string of the molecule is CCC1(CC)CC(=O)N(CC(=O)N2CCC[C@@H](C(F)(F)F)C2)C1=O. The number of carbonyl (C=O) groups is 3. The minimum absolute atomic E-state index is 0.00361. The fourth-order valence-corrected chi connectivity index (χ4v) is 3.53. The summed E-state index contributed by atoms with van der Waals surface area (Å²) in [6.07, 6.45) is -3.00. The molecule has 8 heteroatoms. The Bertz CT molecular complexity index is 529. The first-order valence-corrected chi connectivity index (χ1v) is 8.34. The first kappa shape index (κ1) is 18.7. The zero-order valence-corrected chi connectivity index (χ0v) is 14.0. The largest absolute Gasteiger partial charge is 0.393 e. The fraction of sp³-hybridized carbons (Fsp3) is 0.812. The molecule has 0 spiro atoms. The second-order valence-electron chi connectivity index (χ2n) is 6.67. The molecule has 2 aliphatic heterocycles. The van der Waals surface area contributed by atoms with Crippen molar-refractivity contribution in [3.05, 3.63) is 0 Å². The van der Waals surface area contributed by atoms with Gasteiger partial charge in [0, 0.05) is 19.5 Å². The zero-order chi connectivity index (χ0) is 18.1. The molecule has 0 N–H and O–H groups in total. The topological polar surface area (TPSA) is 57.7 Å². The van der Waals surface area contributed by atoms with Gasteiger partial charge in [0.05, 0.1) is 11.3 Å². The molecule has 5 nitrogen and oxygen atoms in total. The Kier molecular flexibility index (Phi) is 5.25. The summed E-state index contributed by atoms with van der Waals surface area (Å²) in [5.74, 6) is -2.92. The number of amides is 3. The summed E-state index contributed by atoms with van der Waals surface area (Å²) in [5.41, 5.74) is -0.770. The standard InChI is InChI=1S/C16H23F3N2O3/c1-3-15(4-2)8-12(22)21(14(15)24)10-13(23)20-7-5-6-11(9-20)16(17,18)19/h11H,3-10H2,1-2H3/t11-/m1/s1. The molecule has 2 rings (SSSR count). The number of alkyl halides is 3. The van der Waals surface area contributed by atoms with Crippen LogP contribution in [0.2, 0.25) is 0 Å². The van der Waals surface area contributed by atoms with Gasteiger partial charge in [-0.15, -0.1) is 0 Å². The fourth-order valence-electron chi connectivity index (χ4n) is 3.53. The highest BCUT2D eigenvalue weighted by atomic mass is 19.4. The van der Waals surface area contributed by atoms with Crippen LogP contribution in [0.1, 0.15) is 46.0 Å². The van der Waals surface area contributed by atoms with Crippen LogP contribution >= 0.6 is 0 Å². The lowest BCUT2D eigenvalue weighted by molar-refractivity contribution is -0.188. The molecule has 0 radical (unpaired) electrons. The summed E-state index contributed by atoms with van der Waals surface area (Å²) in [5, 5.41) is 0. The van der Waals surface area contributed by atoms with Crippen molar-refractivity contribution in [2.45, 2.75) is 52.1 Å². The number of rotatable bonds is 4. The number of likely N-dealkylation sites (tertiary alicyclic amines) is 2. The molecular weight excluding hydrogens is 325 g/mol. The van der Waals surface area contributed by atoms with E-state index in [1.54, 1.807) is 0 Å². The van der Waals surface area contributed by atoms with Crippen molar-refractivity contribution in [1.29, 1.82) is 0 Å². The molecule has 2 saturated heterocycles.